The van der Waals surface area contributed by atoms with E-state index in [2.05, 4.69) is 32.8 Å². The summed E-state index contributed by atoms with van der Waals surface area (Å²) in [7, 11) is 0. The van der Waals surface area contributed by atoms with E-state index >= 15 is 0 Å². The average Bonchev–Trinajstić information content (AvgIpc) is 2.77. The number of amides is 2. The highest BCUT2D eigenvalue weighted by Crippen LogP contribution is 2.20. The van der Waals surface area contributed by atoms with Gasteiger partial charge >= 0.3 is 0 Å². The summed E-state index contributed by atoms with van der Waals surface area (Å²) in [5.41, 5.74) is 6.20. The molecule has 0 unspecified atom stereocenters. The molecule has 0 radical (unpaired) electrons. The van der Waals surface area contributed by atoms with Gasteiger partial charge in [-0.1, -0.05) is 29.8 Å². The van der Waals surface area contributed by atoms with Crippen LogP contribution in [0.1, 0.15) is 6.42 Å². The van der Waals surface area contributed by atoms with E-state index < -0.39 is 0 Å². The molecular formula is C21H25ClN4O2S. The van der Waals surface area contributed by atoms with Gasteiger partial charge in [-0.05, 0) is 36.4 Å². The molecule has 0 aromatic heterocycles. The van der Waals surface area contributed by atoms with Crippen LogP contribution in [0, 0.1) is 0 Å². The molecule has 0 bridgehead atoms. The Kier molecular flexibility index (Phi) is 8.22. The van der Waals surface area contributed by atoms with Gasteiger partial charge in [0.2, 0.25) is 11.8 Å². The molecule has 1 heterocycles. The Balaban J connectivity index is 1.28. The normalized spacial score (nSPS) is 14.4. The zero-order valence-electron chi connectivity index (χ0n) is 16.1. The lowest BCUT2D eigenvalue weighted by Gasteiger charge is -2.36. The summed E-state index contributed by atoms with van der Waals surface area (Å²) in [5, 5.41) is 0.660. The number of carbonyl (C=O) groups is 2. The fourth-order valence-electron chi connectivity index (χ4n) is 3.05. The van der Waals surface area contributed by atoms with Crippen LogP contribution in [-0.4, -0.2) is 55.2 Å². The molecule has 1 aliphatic heterocycles. The second-order valence-electron chi connectivity index (χ2n) is 6.75. The monoisotopic (exact) mass is 432 g/mol. The number of nitrogens with zero attached hydrogens (tertiary/aromatic N) is 2. The van der Waals surface area contributed by atoms with Gasteiger partial charge in [0.15, 0.2) is 0 Å². The lowest BCUT2D eigenvalue weighted by Crippen LogP contribution is -2.48. The number of nitrogens with one attached hydrogen (secondary N) is 2. The Morgan fingerprint density at radius 3 is 2.24 bits per heavy atom. The summed E-state index contributed by atoms with van der Waals surface area (Å²) in [6, 6.07) is 17.6. The minimum Gasteiger partial charge on any atom is -0.369 e. The molecule has 0 saturated carbocycles. The van der Waals surface area contributed by atoms with Crippen LogP contribution in [0.3, 0.4) is 0 Å². The zero-order valence-corrected chi connectivity index (χ0v) is 17.7. The minimum atomic E-state index is -0.241. The summed E-state index contributed by atoms with van der Waals surface area (Å²) in [4.78, 5) is 29.5. The molecular weight excluding hydrogens is 408 g/mol. The lowest BCUT2D eigenvalue weighted by atomic mass is 10.2. The first-order valence-electron chi connectivity index (χ1n) is 9.58. The Morgan fingerprint density at radius 1 is 0.897 bits per heavy atom. The fourth-order valence-corrected chi connectivity index (χ4v) is 3.87. The van der Waals surface area contributed by atoms with Crippen molar-refractivity contribution >= 4 is 40.9 Å². The third-order valence-electron chi connectivity index (χ3n) is 4.67. The van der Waals surface area contributed by atoms with E-state index in [-0.39, 0.29) is 17.6 Å². The van der Waals surface area contributed by atoms with Crippen LogP contribution in [0.5, 0.6) is 0 Å². The molecule has 0 spiro atoms. The topological polar surface area (TPSA) is 64.7 Å². The van der Waals surface area contributed by atoms with Gasteiger partial charge in [-0.15, -0.1) is 11.8 Å². The van der Waals surface area contributed by atoms with Crippen LogP contribution in [-0.2, 0) is 9.59 Å². The molecule has 2 aromatic carbocycles. The van der Waals surface area contributed by atoms with Crippen molar-refractivity contribution in [2.24, 2.45) is 0 Å². The number of thioether (sulfide) groups is 1. The number of carbonyl (C=O) groups excluding carboxylic acids is 2. The van der Waals surface area contributed by atoms with Crippen LogP contribution in [0.15, 0.2) is 59.5 Å². The molecule has 1 aliphatic rings. The first kappa shape index (κ1) is 21.5. The quantitative estimate of drug-likeness (QED) is 0.520. The summed E-state index contributed by atoms with van der Waals surface area (Å²) < 4.78 is 0. The van der Waals surface area contributed by atoms with Gasteiger partial charge in [-0.25, -0.2) is 0 Å². The maximum atomic E-state index is 12.0. The van der Waals surface area contributed by atoms with E-state index in [1.807, 2.05) is 30.3 Å². The van der Waals surface area contributed by atoms with Crippen molar-refractivity contribution in [1.29, 1.82) is 0 Å². The average molecular weight is 433 g/mol. The SMILES string of the molecule is O=C(CCN1CCN(c2ccccc2)CC1)NNC(=O)CSc1ccc(Cl)cc1. The molecule has 2 amide bonds. The third-order valence-corrected chi connectivity index (χ3v) is 5.94. The Morgan fingerprint density at radius 2 is 1.55 bits per heavy atom. The number of hydrogen-bond acceptors (Lipinski definition) is 5. The molecule has 8 heteroatoms. The Labute approximate surface area is 180 Å². The van der Waals surface area contributed by atoms with Crippen molar-refractivity contribution in [3.05, 3.63) is 59.6 Å². The molecule has 0 aliphatic carbocycles. The van der Waals surface area contributed by atoms with Crippen molar-refractivity contribution in [1.82, 2.24) is 15.8 Å². The standard InChI is InChI=1S/C21H25ClN4O2S/c22-17-6-8-19(9-7-17)29-16-21(28)24-23-20(27)10-11-25-12-14-26(15-13-25)18-4-2-1-3-5-18/h1-9H,10-16H2,(H,23,27)(H,24,28). The van der Waals surface area contributed by atoms with Gasteiger partial charge in [-0.2, -0.15) is 0 Å². The van der Waals surface area contributed by atoms with E-state index in [4.69, 9.17) is 11.6 Å². The zero-order chi connectivity index (χ0) is 20.5. The maximum Gasteiger partial charge on any atom is 0.248 e. The molecule has 154 valence electrons. The number of anilines is 1. The van der Waals surface area contributed by atoms with Gasteiger partial charge in [0.25, 0.3) is 0 Å². The van der Waals surface area contributed by atoms with Gasteiger partial charge in [0.1, 0.15) is 0 Å². The highest BCUT2D eigenvalue weighted by Gasteiger charge is 2.17. The molecule has 0 atom stereocenters. The Hall–Kier alpha value is -2.22. The van der Waals surface area contributed by atoms with E-state index in [0.29, 0.717) is 18.0 Å². The fraction of sp³-hybridized carbons (Fsp3) is 0.333. The summed E-state index contributed by atoms with van der Waals surface area (Å²) in [5.74, 6) is -0.196. The number of piperazine rings is 1. The maximum absolute atomic E-state index is 12.0. The van der Waals surface area contributed by atoms with Crippen molar-refractivity contribution < 1.29 is 9.59 Å². The molecule has 6 nitrogen and oxygen atoms in total. The van der Waals surface area contributed by atoms with Gasteiger partial charge in [-0.3, -0.25) is 25.3 Å². The second-order valence-corrected chi connectivity index (χ2v) is 8.24. The summed E-state index contributed by atoms with van der Waals surface area (Å²) >= 11 is 7.23. The number of benzene rings is 2. The van der Waals surface area contributed by atoms with E-state index in [0.717, 1.165) is 31.1 Å². The van der Waals surface area contributed by atoms with Crippen LogP contribution in [0.4, 0.5) is 5.69 Å². The number of hydrazine groups is 1. The highest BCUT2D eigenvalue weighted by atomic mass is 35.5. The predicted molar refractivity (Wildman–Crippen MR) is 118 cm³/mol. The number of para-hydroxylation sites is 1. The highest BCUT2D eigenvalue weighted by molar-refractivity contribution is 8.00. The largest absolute Gasteiger partial charge is 0.369 e. The smallest absolute Gasteiger partial charge is 0.248 e. The van der Waals surface area contributed by atoms with Crippen LogP contribution < -0.4 is 15.8 Å². The number of halogens is 1. The van der Waals surface area contributed by atoms with Crippen LogP contribution >= 0.6 is 23.4 Å². The first-order valence-corrected chi connectivity index (χ1v) is 10.9. The minimum absolute atomic E-state index is 0.180. The summed E-state index contributed by atoms with van der Waals surface area (Å²) in [6.45, 7) is 4.43. The molecule has 29 heavy (non-hydrogen) atoms. The molecule has 3 rings (SSSR count). The molecule has 2 aromatic rings. The van der Waals surface area contributed by atoms with E-state index in [1.165, 1.54) is 17.4 Å². The van der Waals surface area contributed by atoms with Crippen molar-refractivity contribution in [2.45, 2.75) is 11.3 Å². The predicted octanol–water partition coefficient (Wildman–Crippen LogP) is 2.79. The van der Waals surface area contributed by atoms with E-state index in [9.17, 15) is 9.59 Å². The van der Waals surface area contributed by atoms with Gasteiger partial charge < -0.3 is 4.90 Å². The van der Waals surface area contributed by atoms with Crippen molar-refractivity contribution in [2.75, 3.05) is 43.4 Å². The number of rotatable bonds is 7. The Bertz CT molecular complexity index is 796. The second kappa shape index (κ2) is 11.1. The lowest BCUT2D eigenvalue weighted by molar-refractivity contribution is -0.127. The third kappa shape index (κ3) is 7.27. The van der Waals surface area contributed by atoms with Gasteiger partial charge in [0.05, 0.1) is 5.75 Å². The van der Waals surface area contributed by atoms with Crippen molar-refractivity contribution in [3.63, 3.8) is 0 Å². The van der Waals surface area contributed by atoms with E-state index in [1.54, 1.807) is 12.1 Å². The first-order chi connectivity index (χ1) is 14.1. The number of hydrogen-bond donors (Lipinski definition) is 2. The summed E-state index contributed by atoms with van der Waals surface area (Å²) in [6.07, 6.45) is 0.357. The molecule has 2 N–H and O–H groups in total. The molecule has 1 saturated heterocycles. The van der Waals surface area contributed by atoms with Gasteiger partial charge in [0, 0.05) is 54.8 Å². The molecule has 1 fully saturated rings. The van der Waals surface area contributed by atoms with Crippen LogP contribution in [0.2, 0.25) is 5.02 Å². The van der Waals surface area contributed by atoms with Crippen LogP contribution in [0.25, 0.3) is 0 Å². The van der Waals surface area contributed by atoms with Crippen molar-refractivity contribution in [3.8, 4) is 0 Å².